The molecule has 0 aromatic carbocycles. The number of hydrogen-bond acceptors (Lipinski definition) is 3. The summed E-state index contributed by atoms with van der Waals surface area (Å²) in [6, 6.07) is 1.94. The molecule has 0 aliphatic heterocycles. The molecule has 0 atom stereocenters. The van der Waals surface area contributed by atoms with Crippen LogP contribution in [0, 0.1) is 13.8 Å². The first-order valence-corrected chi connectivity index (χ1v) is 3.15. The monoisotopic (exact) mass is 140 g/mol. The molecule has 0 saturated heterocycles. The Hall–Kier alpha value is -0.870. The van der Waals surface area contributed by atoms with Gasteiger partial charge in [-0.05, 0) is 19.9 Å². The highest BCUT2D eigenvalue weighted by molar-refractivity contribution is 5.06. The summed E-state index contributed by atoms with van der Waals surface area (Å²) in [5.74, 6) is 0. The lowest BCUT2D eigenvalue weighted by atomic mass is 10.4. The molecule has 1 aromatic heterocycles. The second-order valence-corrected chi connectivity index (χ2v) is 2.36. The summed E-state index contributed by atoms with van der Waals surface area (Å²) in [6.45, 7) is 3.83. The quantitative estimate of drug-likeness (QED) is 0.534. The highest BCUT2D eigenvalue weighted by Gasteiger charge is 2.02. The second-order valence-electron chi connectivity index (χ2n) is 2.36. The normalized spacial score (nSPS) is 10.9. The maximum atomic E-state index is 5.41. The summed E-state index contributed by atoms with van der Waals surface area (Å²) in [4.78, 5) is 0. The molecule has 10 heavy (non-hydrogen) atoms. The Morgan fingerprint density at radius 2 is 2.10 bits per heavy atom. The van der Waals surface area contributed by atoms with Crippen molar-refractivity contribution in [3.8, 4) is 0 Å². The molecule has 0 radical (unpaired) electrons. The summed E-state index contributed by atoms with van der Waals surface area (Å²) >= 11 is 0. The Kier molecular flexibility index (Phi) is 1.74. The molecule has 0 aliphatic rings. The van der Waals surface area contributed by atoms with E-state index < -0.39 is 6.29 Å². The zero-order valence-electron chi connectivity index (χ0n) is 6.20. The molecule has 0 saturated carbocycles. The molecule has 56 valence electrons. The smallest absolute Gasteiger partial charge is 0.150 e. The van der Waals surface area contributed by atoms with Gasteiger partial charge in [0.2, 0.25) is 0 Å². The number of nitrogens with zero attached hydrogens (tertiary/aromatic N) is 2. The van der Waals surface area contributed by atoms with E-state index in [-0.39, 0.29) is 0 Å². The van der Waals surface area contributed by atoms with Crippen molar-refractivity contribution in [1.82, 2.24) is 9.78 Å². The molecule has 0 amide bonds. The van der Waals surface area contributed by atoms with E-state index >= 15 is 0 Å². The van der Waals surface area contributed by atoms with Gasteiger partial charge in [-0.25, -0.2) is 4.68 Å². The van der Waals surface area contributed by atoms with Crippen molar-refractivity contribution in [3.05, 3.63) is 17.5 Å². The predicted octanol–water partition coefficient (Wildman–Crippen LogP) is -0.127. The van der Waals surface area contributed by atoms with E-state index in [4.69, 9.17) is 11.5 Å². The van der Waals surface area contributed by atoms with Crippen LogP contribution in [0.3, 0.4) is 0 Å². The van der Waals surface area contributed by atoms with Gasteiger partial charge in [0.05, 0.1) is 5.69 Å². The van der Waals surface area contributed by atoms with Crippen LogP contribution in [-0.2, 0) is 0 Å². The summed E-state index contributed by atoms with van der Waals surface area (Å²) in [5.41, 5.74) is 12.7. The molecule has 1 rings (SSSR count). The lowest BCUT2D eigenvalue weighted by Crippen LogP contribution is -2.29. The van der Waals surface area contributed by atoms with Gasteiger partial charge in [0.1, 0.15) is 0 Å². The molecular formula is C6H12N4. The van der Waals surface area contributed by atoms with Gasteiger partial charge < -0.3 is 0 Å². The third-order valence-corrected chi connectivity index (χ3v) is 1.33. The van der Waals surface area contributed by atoms with E-state index in [0.29, 0.717) is 0 Å². The summed E-state index contributed by atoms with van der Waals surface area (Å²) in [5, 5.41) is 4.08. The predicted molar refractivity (Wildman–Crippen MR) is 39.1 cm³/mol. The fraction of sp³-hybridized carbons (Fsp3) is 0.500. The average molecular weight is 140 g/mol. The van der Waals surface area contributed by atoms with Crippen LogP contribution < -0.4 is 11.5 Å². The van der Waals surface area contributed by atoms with Gasteiger partial charge in [-0.2, -0.15) is 5.10 Å². The second kappa shape index (κ2) is 2.40. The Morgan fingerprint density at radius 1 is 1.50 bits per heavy atom. The van der Waals surface area contributed by atoms with Crippen LogP contribution in [-0.4, -0.2) is 9.78 Å². The molecule has 0 unspecified atom stereocenters. The van der Waals surface area contributed by atoms with E-state index in [0.717, 1.165) is 11.4 Å². The first-order valence-electron chi connectivity index (χ1n) is 3.15. The van der Waals surface area contributed by atoms with Crippen molar-refractivity contribution in [1.29, 1.82) is 0 Å². The maximum Gasteiger partial charge on any atom is 0.150 e. The molecule has 0 spiro atoms. The summed E-state index contributed by atoms with van der Waals surface area (Å²) in [7, 11) is 0. The van der Waals surface area contributed by atoms with Crippen LogP contribution in [0.2, 0.25) is 0 Å². The highest BCUT2D eigenvalue weighted by atomic mass is 15.4. The lowest BCUT2D eigenvalue weighted by molar-refractivity contribution is 0.473. The van der Waals surface area contributed by atoms with Crippen molar-refractivity contribution in [2.75, 3.05) is 0 Å². The van der Waals surface area contributed by atoms with Gasteiger partial charge in [0.25, 0.3) is 0 Å². The Balaban J connectivity index is 3.03. The van der Waals surface area contributed by atoms with Crippen LogP contribution in [0.25, 0.3) is 0 Å². The van der Waals surface area contributed by atoms with Crippen LogP contribution in [0.4, 0.5) is 0 Å². The molecule has 0 fully saturated rings. The molecular weight excluding hydrogens is 128 g/mol. The standard InChI is InChI=1S/C6H12N4/c1-4-3-5(2)10(9-4)6(7)8/h3,6H,7-8H2,1-2H3. The molecule has 0 aliphatic carbocycles. The van der Waals surface area contributed by atoms with E-state index in [1.165, 1.54) is 0 Å². The van der Waals surface area contributed by atoms with E-state index in [1.807, 2.05) is 19.9 Å². The fourth-order valence-electron chi connectivity index (χ4n) is 0.948. The molecule has 4 nitrogen and oxygen atoms in total. The topological polar surface area (TPSA) is 69.9 Å². The molecule has 1 aromatic rings. The maximum absolute atomic E-state index is 5.41. The first-order chi connectivity index (χ1) is 4.61. The minimum atomic E-state index is -0.520. The average Bonchev–Trinajstić information content (AvgIpc) is 2.10. The van der Waals surface area contributed by atoms with E-state index in [1.54, 1.807) is 4.68 Å². The van der Waals surface area contributed by atoms with Crippen molar-refractivity contribution in [3.63, 3.8) is 0 Å². The molecule has 0 bridgehead atoms. The molecule has 1 heterocycles. The zero-order valence-corrected chi connectivity index (χ0v) is 6.20. The van der Waals surface area contributed by atoms with Gasteiger partial charge in [0.15, 0.2) is 6.29 Å². The Bertz CT molecular complexity index is 226. The number of nitrogens with two attached hydrogens (primary N) is 2. The molecule has 4 heteroatoms. The van der Waals surface area contributed by atoms with Gasteiger partial charge in [-0.3, -0.25) is 11.5 Å². The highest BCUT2D eigenvalue weighted by Crippen LogP contribution is 2.02. The SMILES string of the molecule is Cc1cc(C)n(C(N)N)n1. The first kappa shape index (κ1) is 7.24. The van der Waals surface area contributed by atoms with Crippen molar-refractivity contribution in [2.45, 2.75) is 20.1 Å². The molecule has 4 N–H and O–H groups in total. The number of rotatable bonds is 1. The number of aromatic nitrogens is 2. The van der Waals surface area contributed by atoms with Gasteiger partial charge >= 0.3 is 0 Å². The number of hydrogen-bond donors (Lipinski definition) is 2. The Labute approximate surface area is 59.8 Å². The lowest BCUT2D eigenvalue weighted by Gasteiger charge is -2.06. The summed E-state index contributed by atoms with van der Waals surface area (Å²) < 4.78 is 1.59. The van der Waals surface area contributed by atoms with Crippen LogP contribution >= 0.6 is 0 Å². The summed E-state index contributed by atoms with van der Waals surface area (Å²) in [6.07, 6.45) is -0.520. The van der Waals surface area contributed by atoms with Gasteiger partial charge in [-0.1, -0.05) is 0 Å². The van der Waals surface area contributed by atoms with Gasteiger partial charge in [-0.15, -0.1) is 0 Å². The third-order valence-electron chi connectivity index (χ3n) is 1.33. The fourth-order valence-corrected chi connectivity index (χ4v) is 0.948. The van der Waals surface area contributed by atoms with Crippen molar-refractivity contribution in [2.24, 2.45) is 11.5 Å². The third kappa shape index (κ3) is 1.17. The van der Waals surface area contributed by atoms with Crippen LogP contribution in [0.15, 0.2) is 6.07 Å². The zero-order chi connectivity index (χ0) is 7.72. The number of aryl methyl sites for hydroxylation is 2. The Morgan fingerprint density at radius 3 is 2.30 bits per heavy atom. The van der Waals surface area contributed by atoms with E-state index in [9.17, 15) is 0 Å². The van der Waals surface area contributed by atoms with Crippen LogP contribution in [0.5, 0.6) is 0 Å². The van der Waals surface area contributed by atoms with Crippen molar-refractivity contribution >= 4 is 0 Å². The largest absolute Gasteiger partial charge is 0.297 e. The van der Waals surface area contributed by atoms with Crippen LogP contribution in [0.1, 0.15) is 17.7 Å². The van der Waals surface area contributed by atoms with Crippen molar-refractivity contribution < 1.29 is 0 Å². The van der Waals surface area contributed by atoms with E-state index in [2.05, 4.69) is 5.10 Å². The minimum Gasteiger partial charge on any atom is -0.297 e. The van der Waals surface area contributed by atoms with Gasteiger partial charge in [0, 0.05) is 5.69 Å². The minimum absolute atomic E-state index is 0.520.